The molecular formula is C17H17N4O5S-. The fourth-order valence-electron chi connectivity index (χ4n) is 2.87. The van der Waals surface area contributed by atoms with Crippen molar-refractivity contribution in [3.05, 3.63) is 44.7 Å². The lowest BCUT2D eigenvalue weighted by atomic mass is 10.1. The van der Waals surface area contributed by atoms with Crippen molar-refractivity contribution in [1.82, 2.24) is 10.2 Å². The number of piperidine rings is 1. The molecule has 0 N–H and O–H groups in total. The van der Waals surface area contributed by atoms with Crippen LogP contribution in [0.25, 0.3) is 6.08 Å². The number of aliphatic carboxylic acids is 1. The number of nitro groups is 1. The minimum absolute atomic E-state index is 0.0537. The number of carboxylic acid groups (broad SMARTS) is 1. The summed E-state index contributed by atoms with van der Waals surface area (Å²) in [6.07, 6.45) is 4.40. The Morgan fingerprint density at radius 3 is 2.63 bits per heavy atom. The Hall–Kier alpha value is -2.88. The highest BCUT2D eigenvalue weighted by Crippen LogP contribution is 2.33. The molecule has 0 bridgehead atoms. The van der Waals surface area contributed by atoms with Gasteiger partial charge in [0.25, 0.3) is 10.9 Å². The fourth-order valence-corrected chi connectivity index (χ4v) is 3.58. The molecule has 0 aliphatic carbocycles. The first-order chi connectivity index (χ1) is 12.9. The number of nitrogens with zero attached hydrogens (tertiary/aromatic N) is 4. The van der Waals surface area contributed by atoms with Gasteiger partial charge in [0.2, 0.25) is 5.89 Å². The summed E-state index contributed by atoms with van der Waals surface area (Å²) in [5, 5.41) is 30.4. The van der Waals surface area contributed by atoms with Crippen LogP contribution in [0.5, 0.6) is 0 Å². The molecule has 0 saturated carbocycles. The lowest BCUT2D eigenvalue weighted by Gasteiger charge is -2.28. The monoisotopic (exact) mass is 389 g/mol. The van der Waals surface area contributed by atoms with Crippen LogP contribution in [0.2, 0.25) is 0 Å². The molecule has 142 valence electrons. The predicted octanol–water partition coefficient (Wildman–Crippen LogP) is 2.16. The van der Waals surface area contributed by atoms with Gasteiger partial charge in [0.05, 0.1) is 10.9 Å². The largest absolute Gasteiger partial charge is 0.544 e. The number of hydrogen-bond acceptors (Lipinski definition) is 9. The molecule has 0 atom stereocenters. The highest BCUT2D eigenvalue weighted by atomic mass is 32.2. The number of carboxylic acids is 1. The standard InChI is InChI=1S/C17H18N4O5S/c1-11-18-19-17(26-11)27-15(16(22)23)10-12-5-6-13(14(9-12)21(24)25)20-7-3-2-4-8-20/h5-6,9-10H,2-4,7-8H2,1H3,(H,22,23)/p-1/b15-10+. The van der Waals surface area contributed by atoms with Gasteiger partial charge < -0.3 is 19.2 Å². The zero-order valence-electron chi connectivity index (χ0n) is 14.6. The van der Waals surface area contributed by atoms with Crippen molar-refractivity contribution in [2.75, 3.05) is 18.0 Å². The quantitative estimate of drug-likeness (QED) is 0.316. The molecule has 1 aliphatic rings. The third-order valence-corrected chi connectivity index (χ3v) is 4.94. The van der Waals surface area contributed by atoms with E-state index >= 15 is 0 Å². The lowest BCUT2D eigenvalue weighted by molar-refractivity contribution is -0.384. The molecule has 1 aromatic carbocycles. The Labute approximate surface area is 159 Å². The number of aryl methyl sites for hydroxylation is 1. The Bertz CT molecular complexity index is 889. The van der Waals surface area contributed by atoms with Crippen LogP contribution in [-0.4, -0.2) is 34.2 Å². The van der Waals surface area contributed by atoms with Gasteiger partial charge in [-0.25, -0.2) is 0 Å². The van der Waals surface area contributed by atoms with Gasteiger partial charge in [0.1, 0.15) is 5.69 Å². The summed E-state index contributed by atoms with van der Waals surface area (Å²) in [6.45, 7) is 3.13. The van der Waals surface area contributed by atoms with E-state index in [9.17, 15) is 20.0 Å². The summed E-state index contributed by atoms with van der Waals surface area (Å²) in [5.41, 5.74) is 0.874. The molecule has 1 aromatic heterocycles. The summed E-state index contributed by atoms with van der Waals surface area (Å²) < 4.78 is 5.16. The average molecular weight is 389 g/mol. The molecule has 1 saturated heterocycles. The molecule has 10 heteroatoms. The van der Waals surface area contributed by atoms with Crippen LogP contribution < -0.4 is 10.0 Å². The molecule has 0 amide bonds. The average Bonchev–Trinajstić information content (AvgIpc) is 3.06. The number of carbonyl (C=O) groups excluding carboxylic acids is 1. The second kappa shape index (κ2) is 8.21. The lowest BCUT2D eigenvalue weighted by Crippen LogP contribution is -2.29. The SMILES string of the molecule is Cc1nnc(S/C(=C/c2ccc(N3CCCCC3)c([N+](=O)[O-])c2)C(=O)[O-])o1. The number of benzene rings is 1. The van der Waals surface area contributed by atoms with Gasteiger partial charge >= 0.3 is 0 Å². The van der Waals surface area contributed by atoms with Crippen molar-refractivity contribution in [3.63, 3.8) is 0 Å². The van der Waals surface area contributed by atoms with Gasteiger partial charge in [0.15, 0.2) is 0 Å². The zero-order chi connectivity index (χ0) is 19.4. The number of aromatic nitrogens is 2. The first-order valence-electron chi connectivity index (χ1n) is 8.38. The van der Waals surface area contributed by atoms with Gasteiger partial charge in [-0.3, -0.25) is 10.1 Å². The summed E-state index contributed by atoms with van der Waals surface area (Å²) in [6, 6.07) is 4.68. The first-order valence-corrected chi connectivity index (χ1v) is 9.20. The molecule has 27 heavy (non-hydrogen) atoms. The molecule has 1 aliphatic heterocycles. The van der Waals surface area contributed by atoms with E-state index in [-0.39, 0.29) is 15.8 Å². The topological polar surface area (TPSA) is 125 Å². The van der Waals surface area contributed by atoms with Crippen molar-refractivity contribution < 1.29 is 19.2 Å². The third kappa shape index (κ3) is 4.64. The van der Waals surface area contributed by atoms with Crippen molar-refractivity contribution in [2.45, 2.75) is 31.4 Å². The van der Waals surface area contributed by atoms with E-state index in [2.05, 4.69) is 10.2 Å². The van der Waals surface area contributed by atoms with Crippen molar-refractivity contribution in [3.8, 4) is 0 Å². The van der Waals surface area contributed by atoms with Crippen molar-refractivity contribution in [2.24, 2.45) is 0 Å². The number of anilines is 1. The summed E-state index contributed by atoms with van der Waals surface area (Å²) in [5.74, 6) is -1.13. The van der Waals surface area contributed by atoms with Crippen LogP contribution in [0, 0.1) is 17.0 Å². The second-order valence-electron chi connectivity index (χ2n) is 6.04. The molecule has 0 unspecified atom stereocenters. The maximum atomic E-state index is 11.5. The minimum atomic E-state index is -1.43. The number of rotatable bonds is 6. The van der Waals surface area contributed by atoms with Crippen molar-refractivity contribution >= 4 is 35.2 Å². The van der Waals surface area contributed by atoms with Crippen LogP contribution >= 0.6 is 11.8 Å². The Morgan fingerprint density at radius 2 is 2.04 bits per heavy atom. The number of hydrogen-bond donors (Lipinski definition) is 0. The smallest absolute Gasteiger partial charge is 0.293 e. The second-order valence-corrected chi connectivity index (χ2v) is 7.03. The molecule has 0 spiro atoms. The maximum absolute atomic E-state index is 11.5. The van der Waals surface area contributed by atoms with Crippen LogP contribution in [0.1, 0.15) is 30.7 Å². The number of thioether (sulfide) groups is 1. The molecule has 1 fully saturated rings. The van der Waals surface area contributed by atoms with E-state index in [0.717, 1.165) is 44.1 Å². The molecule has 9 nitrogen and oxygen atoms in total. The maximum Gasteiger partial charge on any atom is 0.293 e. The van der Waals surface area contributed by atoms with Gasteiger partial charge in [-0.15, -0.1) is 10.2 Å². The number of nitro benzene ring substituents is 1. The van der Waals surface area contributed by atoms with E-state index in [1.54, 1.807) is 19.1 Å². The Balaban J connectivity index is 1.92. The van der Waals surface area contributed by atoms with Crippen molar-refractivity contribution in [1.29, 1.82) is 0 Å². The summed E-state index contributed by atoms with van der Waals surface area (Å²) in [7, 11) is 0. The highest BCUT2D eigenvalue weighted by Gasteiger charge is 2.21. The van der Waals surface area contributed by atoms with Crippen LogP contribution in [0.3, 0.4) is 0 Å². The highest BCUT2D eigenvalue weighted by molar-refractivity contribution is 8.03. The van der Waals surface area contributed by atoms with Gasteiger partial charge in [-0.2, -0.15) is 0 Å². The van der Waals surface area contributed by atoms with Crippen LogP contribution in [-0.2, 0) is 4.79 Å². The molecule has 2 aromatic rings. The van der Waals surface area contributed by atoms with E-state index in [0.29, 0.717) is 17.1 Å². The fraction of sp³-hybridized carbons (Fsp3) is 0.353. The van der Waals surface area contributed by atoms with Gasteiger partial charge in [-0.05, 0) is 48.7 Å². The first kappa shape index (κ1) is 18.9. The zero-order valence-corrected chi connectivity index (χ0v) is 15.4. The van der Waals surface area contributed by atoms with E-state index in [4.69, 9.17) is 4.42 Å². The van der Waals surface area contributed by atoms with E-state index in [1.807, 2.05) is 4.90 Å². The Morgan fingerprint density at radius 1 is 1.30 bits per heavy atom. The van der Waals surface area contributed by atoms with Gasteiger partial charge in [0, 0.05) is 31.0 Å². The molecule has 3 rings (SSSR count). The van der Waals surface area contributed by atoms with Crippen LogP contribution in [0.15, 0.2) is 32.7 Å². The molecular weight excluding hydrogens is 372 g/mol. The molecule has 0 radical (unpaired) electrons. The minimum Gasteiger partial charge on any atom is -0.544 e. The summed E-state index contributed by atoms with van der Waals surface area (Å²) in [4.78, 5) is 24.3. The normalized spacial score (nSPS) is 15.0. The predicted molar refractivity (Wildman–Crippen MR) is 97.0 cm³/mol. The Kier molecular flexibility index (Phi) is 5.75. The van der Waals surface area contributed by atoms with Gasteiger partial charge in [-0.1, -0.05) is 6.07 Å². The summed E-state index contributed by atoms with van der Waals surface area (Å²) >= 11 is 0.738. The number of carbonyl (C=O) groups is 1. The van der Waals surface area contributed by atoms with E-state index < -0.39 is 10.9 Å². The van der Waals surface area contributed by atoms with E-state index in [1.165, 1.54) is 12.1 Å². The van der Waals surface area contributed by atoms with Crippen LogP contribution in [0.4, 0.5) is 11.4 Å². The third-order valence-electron chi connectivity index (χ3n) is 4.10. The molecule has 2 heterocycles.